The highest BCUT2D eigenvalue weighted by Gasteiger charge is 2.27. The monoisotopic (exact) mass is 347 g/mol. The van der Waals surface area contributed by atoms with Gasteiger partial charge in [0.1, 0.15) is 12.4 Å². The summed E-state index contributed by atoms with van der Waals surface area (Å²) in [4.78, 5) is 29.0. The smallest absolute Gasteiger partial charge is 0.313 e. The van der Waals surface area contributed by atoms with Crippen molar-refractivity contribution in [2.75, 3.05) is 11.9 Å². The van der Waals surface area contributed by atoms with E-state index in [2.05, 4.69) is 15.6 Å². The van der Waals surface area contributed by atoms with Gasteiger partial charge in [0.15, 0.2) is 0 Å². The minimum absolute atomic E-state index is 0.315. The van der Waals surface area contributed by atoms with Crippen molar-refractivity contribution in [3.05, 3.63) is 65.9 Å². The number of aromatic nitrogens is 1. The summed E-state index contributed by atoms with van der Waals surface area (Å²) >= 11 is 0. The molecule has 0 fully saturated rings. The molecule has 0 saturated heterocycles. The summed E-state index contributed by atoms with van der Waals surface area (Å²) in [6, 6.07) is 14.4. The van der Waals surface area contributed by atoms with Crippen LogP contribution in [-0.4, -0.2) is 23.4 Å². The molecule has 6 nitrogen and oxygen atoms in total. The quantitative estimate of drug-likeness (QED) is 0.699. The topological polar surface area (TPSA) is 80.3 Å². The number of aryl methyl sites for hydroxylation is 1. The van der Waals surface area contributed by atoms with Crippen LogP contribution in [0, 0.1) is 6.92 Å². The Kier molecular flexibility index (Phi) is 4.01. The number of hydrogen-bond donors (Lipinski definition) is 2. The Morgan fingerprint density at radius 3 is 2.81 bits per heavy atom. The van der Waals surface area contributed by atoms with Crippen molar-refractivity contribution in [2.24, 2.45) is 0 Å². The van der Waals surface area contributed by atoms with Crippen LogP contribution in [0.2, 0.25) is 0 Å². The second kappa shape index (κ2) is 6.48. The van der Waals surface area contributed by atoms with Crippen molar-refractivity contribution in [1.29, 1.82) is 0 Å². The number of hydrogen-bond acceptors (Lipinski definition) is 4. The zero-order chi connectivity index (χ0) is 18.1. The number of nitrogens with one attached hydrogen (secondary N) is 2. The largest absolute Gasteiger partial charge is 0.491 e. The number of carbonyl (C=O) groups excluding carboxylic acids is 2. The van der Waals surface area contributed by atoms with Gasteiger partial charge in [-0.3, -0.25) is 14.6 Å². The molecule has 4 rings (SSSR count). The Balaban J connectivity index is 1.51. The van der Waals surface area contributed by atoms with E-state index in [9.17, 15) is 9.59 Å². The van der Waals surface area contributed by atoms with Gasteiger partial charge in [-0.2, -0.15) is 0 Å². The zero-order valence-electron chi connectivity index (χ0n) is 14.2. The Morgan fingerprint density at radius 1 is 1.08 bits per heavy atom. The summed E-state index contributed by atoms with van der Waals surface area (Å²) in [5, 5.41) is 6.20. The van der Waals surface area contributed by atoms with Crippen LogP contribution in [0.3, 0.4) is 0 Å². The van der Waals surface area contributed by atoms with E-state index in [4.69, 9.17) is 4.74 Å². The minimum Gasteiger partial charge on any atom is -0.491 e. The van der Waals surface area contributed by atoms with Crippen molar-refractivity contribution in [3.8, 4) is 5.75 Å². The SMILES string of the molecule is Cc1ccc(NC(=O)C(=O)N[C@@H]2COc3ccccc32)c2cccnc12. The Morgan fingerprint density at radius 2 is 1.92 bits per heavy atom. The first kappa shape index (κ1) is 16.1. The predicted molar refractivity (Wildman–Crippen MR) is 97.9 cm³/mol. The van der Waals surface area contributed by atoms with Crippen molar-refractivity contribution < 1.29 is 14.3 Å². The summed E-state index contributed by atoms with van der Waals surface area (Å²) in [5.74, 6) is -0.690. The lowest BCUT2D eigenvalue weighted by atomic mass is 10.1. The number of fused-ring (bicyclic) bond motifs is 2. The summed E-state index contributed by atoms with van der Waals surface area (Å²) in [6.07, 6.45) is 1.70. The first-order chi connectivity index (χ1) is 12.6. The summed E-state index contributed by atoms with van der Waals surface area (Å²) < 4.78 is 5.53. The molecule has 0 saturated carbocycles. The van der Waals surface area contributed by atoms with E-state index in [0.717, 1.165) is 27.8 Å². The first-order valence-electron chi connectivity index (χ1n) is 8.31. The van der Waals surface area contributed by atoms with E-state index in [-0.39, 0.29) is 6.04 Å². The molecule has 0 radical (unpaired) electrons. The van der Waals surface area contributed by atoms with Crippen molar-refractivity contribution >= 4 is 28.4 Å². The van der Waals surface area contributed by atoms with Crippen molar-refractivity contribution in [2.45, 2.75) is 13.0 Å². The molecule has 1 aromatic heterocycles. The van der Waals surface area contributed by atoms with E-state index in [1.165, 1.54) is 0 Å². The van der Waals surface area contributed by atoms with Crippen LogP contribution in [-0.2, 0) is 9.59 Å². The van der Waals surface area contributed by atoms with Gasteiger partial charge in [0.2, 0.25) is 0 Å². The zero-order valence-corrected chi connectivity index (χ0v) is 14.2. The molecule has 2 aromatic carbocycles. The van der Waals surface area contributed by atoms with Crippen LogP contribution in [0.15, 0.2) is 54.7 Å². The fraction of sp³-hybridized carbons (Fsp3) is 0.150. The molecule has 0 aliphatic carbocycles. The number of nitrogens with zero attached hydrogens (tertiary/aromatic N) is 1. The Bertz CT molecular complexity index is 1020. The maximum atomic E-state index is 12.4. The number of para-hydroxylation sites is 1. The molecule has 2 heterocycles. The number of anilines is 1. The minimum atomic E-state index is -0.719. The third-order valence-corrected chi connectivity index (χ3v) is 4.43. The molecule has 1 atom stereocenters. The average molecular weight is 347 g/mol. The third kappa shape index (κ3) is 2.86. The highest BCUT2D eigenvalue weighted by atomic mass is 16.5. The van der Waals surface area contributed by atoms with Gasteiger partial charge in [-0.25, -0.2) is 0 Å². The van der Waals surface area contributed by atoms with Crippen LogP contribution in [0.4, 0.5) is 5.69 Å². The molecular weight excluding hydrogens is 330 g/mol. The fourth-order valence-corrected chi connectivity index (χ4v) is 3.11. The summed E-state index contributed by atoms with van der Waals surface area (Å²) in [7, 11) is 0. The number of amides is 2. The van der Waals surface area contributed by atoms with E-state index >= 15 is 0 Å². The lowest BCUT2D eigenvalue weighted by Crippen LogP contribution is -2.38. The van der Waals surface area contributed by atoms with Crippen molar-refractivity contribution in [1.82, 2.24) is 10.3 Å². The van der Waals surface area contributed by atoms with Crippen LogP contribution in [0.5, 0.6) is 5.75 Å². The molecule has 3 aromatic rings. The molecule has 0 spiro atoms. The van der Waals surface area contributed by atoms with E-state index in [1.54, 1.807) is 18.3 Å². The summed E-state index contributed by atoms with van der Waals surface area (Å²) in [6.45, 7) is 2.26. The van der Waals surface area contributed by atoms with Crippen LogP contribution < -0.4 is 15.4 Å². The number of ether oxygens (including phenoxy) is 1. The molecule has 26 heavy (non-hydrogen) atoms. The number of carbonyl (C=O) groups is 2. The van der Waals surface area contributed by atoms with Crippen molar-refractivity contribution in [3.63, 3.8) is 0 Å². The highest BCUT2D eigenvalue weighted by Crippen LogP contribution is 2.31. The van der Waals surface area contributed by atoms with E-state index in [0.29, 0.717) is 12.3 Å². The normalized spacial score (nSPS) is 15.2. The molecule has 2 amide bonds. The van der Waals surface area contributed by atoms with Gasteiger partial charge in [-0.15, -0.1) is 0 Å². The molecule has 6 heteroatoms. The molecule has 0 bridgehead atoms. The van der Waals surface area contributed by atoms with Gasteiger partial charge >= 0.3 is 11.8 Å². The lowest BCUT2D eigenvalue weighted by Gasteiger charge is -2.13. The van der Waals surface area contributed by atoms with Gasteiger partial charge in [0.05, 0.1) is 17.2 Å². The van der Waals surface area contributed by atoms with Gasteiger partial charge in [0, 0.05) is 17.1 Å². The Labute approximate surface area is 150 Å². The molecule has 1 aliphatic heterocycles. The Hall–Kier alpha value is -3.41. The second-order valence-corrected chi connectivity index (χ2v) is 6.16. The molecular formula is C20H17N3O3. The molecule has 130 valence electrons. The maximum absolute atomic E-state index is 12.4. The van der Waals surface area contributed by atoms with Gasteiger partial charge < -0.3 is 15.4 Å². The molecule has 0 unspecified atom stereocenters. The standard InChI is InChI=1S/C20H17N3O3/c1-12-8-9-15(14-6-4-10-21-18(12)14)22-19(24)20(25)23-16-11-26-17-7-3-2-5-13(16)17/h2-10,16H,11H2,1H3,(H,22,24)(H,23,25)/t16-/m1/s1. The molecule has 1 aliphatic rings. The first-order valence-corrected chi connectivity index (χ1v) is 8.31. The summed E-state index contributed by atoms with van der Waals surface area (Å²) in [5.41, 5.74) is 3.23. The third-order valence-electron chi connectivity index (χ3n) is 4.43. The van der Waals surface area contributed by atoms with Crippen LogP contribution in [0.1, 0.15) is 17.2 Å². The fourth-order valence-electron chi connectivity index (χ4n) is 3.11. The number of benzene rings is 2. The van der Waals surface area contributed by atoms with Gasteiger partial charge in [-0.1, -0.05) is 24.3 Å². The number of pyridine rings is 1. The molecule has 2 N–H and O–H groups in total. The lowest BCUT2D eigenvalue weighted by molar-refractivity contribution is -0.136. The number of rotatable bonds is 2. The average Bonchev–Trinajstić information content (AvgIpc) is 3.07. The van der Waals surface area contributed by atoms with Crippen LogP contribution in [0.25, 0.3) is 10.9 Å². The maximum Gasteiger partial charge on any atom is 0.313 e. The highest BCUT2D eigenvalue weighted by molar-refractivity contribution is 6.40. The van der Waals surface area contributed by atoms with Gasteiger partial charge in [0.25, 0.3) is 0 Å². The van der Waals surface area contributed by atoms with Gasteiger partial charge in [-0.05, 0) is 36.8 Å². The second-order valence-electron chi connectivity index (χ2n) is 6.16. The van der Waals surface area contributed by atoms with E-state index < -0.39 is 11.8 Å². The van der Waals surface area contributed by atoms with Crippen LogP contribution >= 0.6 is 0 Å². The van der Waals surface area contributed by atoms with E-state index in [1.807, 2.05) is 43.3 Å². The predicted octanol–water partition coefficient (Wildman–Crippen LogP) is 2.73.